The van der Waals surface area contributed by atoms with E-state index in [1.54, 1.807) is 18.2 Å². The molecule has 4 rings (SSSR count). The van der Waals surface area contributed by atoms with Gasteiger partial charge in [-0.1, -0.05) is 17.8 Å². The number of sulfonamides is 1. The van der Waals surface area contributed by atoms with Crippen molar-refractivity contribution in [1.29, 1.82) is 0 Å². The second-order valence-corrected chi connectivity index (χ2v) is 10.3. The lowest BCUT2D eigenvalue weighted by Gasteiger charge is -2.25. The zero-order valence-corrected chi connectivity index (χ0v) is 18.6. The highest BCUT2D eigenvalue weighted by atomic mass is 32.2. The Morgan fingerprint density at radius 3 is 2.39 bits per heavy atom. The van der Waals surface area contributed by atoms with Gasteiger partial charge in [0, 0.05) is 31.3 Å². The Kier molecular flexibility index (Phi) is 6.03. The highest BCUT2D eigenvalue weighted by Crippen LogP contribution is 2.29. The summed E-state index contributed by atoms with van der Waals surface area (Å²) < 4.78 is 27.8. The van der Waals surface area contributed by atoms with Crippen LogP contribution in [0.4, 0.5) is 10.8 Å². The quantitative estimate of drug-likeness (QED) is 0.606. The van der Waals surface area contributed by atoms with E-state index in [0.29, 0.717) is 35.0 Å². The number of carbonyl (C=O) groups is 2. The molecule has 0 bridgehead atoms. The molecule has 3 aromatic rings. The van der Waals surface area contributed by atoms with E-state index in [-0.39, 0.29) is 16.7 Å². The predicted molar refractivity (Wildman–Crippen MR) is 121 cm³/mol. The third kappa shape index (κ3) is 4.76. The molecule has 1 aliphatic rings. The summed E-state index contributed by atoms with van der Waals surface area (Å²) >= 11 is 1.29. The minimum absolute atomic E-state index is 0.164. The van der Waals surface area contributed by atoms with Crippen molar-refractivity contribution in [2.45, 2.75) is 31.1 Å². The number of fused-ring (bicyclic) bond motifs is 1. The Labute approximate surface area is 184 Å². The molecule has 2 amide bonds. The first-order valence-electron chi connectivity index (χ1n) is 9.93. The summed E-state index contributed by atoms with van der Waals surface area (Å²) in [5, 5.41) is 5.89. The number of nitrogens with zero attached hydrogens (tertiary/aromatic N) is 2. The minimum atomic E-state index is -3.53. The van der Waals surface area contributed by atoms with Crippen LogP contribution in [0.25, 0.3) is 10.2 Å². The molecule has 1 saturated heterocycles. The van der Waals surface area contributed by atoms with Gasteiger partial charge in [-0.2, -0.15) is 4.31 Å². The van der Waals surface area contributed by atoms with Gasteiger partial charge >= 0.3 is 0 Å². The summed E-state index contributed by atoms with van der Waals surface area (Å²) in [5.41, 5.74) is 1.71. The standard InChI is InChI=1S/C21H22N4O4S2/c1-14(26)22-16-7-10-18-19(13-16)30-21(23-18)24-20(27)15-5-8-17(9-6-15)31(28,29)25-11-3-2-4-12-25/h5-10,13H,2-4,11-12H2,1H3,(H,22,26)(H,23,24,27). The largest absolute Gasteiger partial charge is 0.326 e. The first kappa shape index (κ1) is 21.4. The van der Waals surface area contributed by atoms with E-state index < -0.39 is 10.0 Å². The van der Waals surface area contributed by atoms with Crippen LogP contribution >= 0.6 is 11.3 Å². The third-order valence-electron chi connectivity index (χ3n) is 5.00. The van der Waals surface area contributed by atoms with Crippen LogP contribution in [0, 0.1) is 0 Å². The fourth-order valence-electron chi connectivity index (χ4n) is 3.46. The molecule has 0 aliphatic carbocycles. The van der Waals surface area contributed by atoms with Crippen molar-refractivity contribution in [3.8, 4) is 0 Å². The van der Waals surface area contributed by atoms with Crippen molar-refractivity contribution in [3.05, 3.63) is 48.0 Å². The van der Waals surface area contributed by atoms with Crippen molar-refractivity contribution in [2.24, 2.45) is 0 Å². The van der Waals surface area contributed by atoms with E-state index in [9.17, 15) is 18.0 Å². The van der Waals surface area contributed by atoms with Crippen LogP contribution in [0.2, 0.25) is 0 Å². The molecule has 2 heterocycles. The Bertz CT molecular complexity index is 1230. The van der Waals surface area contributed by atoms with Crippen molar-refractivity contribution in [3.63, 3.8) is 0 Å². The lowest BCUT2D eigenvalue weighted by molar-refractivity contribution is -0.114. The van der Waals surface area contributed by atoms with E-state index in [0.717, 1.165) is 24.0 Å². The van der Waals surface area contributed by atoms with Gasteiger partial charge in [0.25, 0.3) is 5.91 Å². The molecule has 2 N–H and O–H groups in total. The molecular formula is C21H22N4O4S2. The topological polar surface area (TPSA) is 108 Å². The van der Waals surface area contributed by atoms with Gasteiger partial charge in [0.05, 0.1) is 15.1 Å². The number of hydrogen-bond donors (Lipinski definition) is 2. The number of rotatable bonds is 5. The van der Waals surface area contributed by atoms with Gasteiger partial charge in [-0.15, -0.1) is 0 Å². The number of carbonyl (C=O) groups excluding carboxylic acids is 2. The van der Waals surface area contributed by atoms with Crippen molar-refractivity contribution >= 4 is 54.2 Å². The number of piperidine rings is 1. The highest BCUT2D eigenvalue weighted by Gasteiger charge is 2.26. The number of thiazole rings is 1. The molecule has 8 nitrogen and oxygen atoms in total. The Hall–Kier alpha value is -2.82. The second kappa shape index (κ2) is 8.74. The molecule has 10 heteroatoms. The maximum atomic E-state index is 12.7. The van der Waals surface area contributed by atoms with Gasteiger partial charge < -0.3 is 5.32 Å². The van der Waals surface area contributed by atoms with Gasteiger partial charge in [-0.3, -0.25) is 14.9 Å². The first-order chi connectivity index (χ1) is 14.8. The number of hydrogen-bond acceptors (Lipinski definition) is 6. The molecule has 0 unspecified atom stereocenters. The molecule has 0 saturated carbocycles. The molecule has 1 aromatic heterocycles. The van der Waals surface area contributed by atoms with E-state index in [1.165, 1.54) is 46.8 Å². The summed E-state index contributed by atoms with van der Waals surface area (Å²) in [4.78, 5) is 28.4. The summed E-state index contributed by atoms with van der Waals surface area (Å²) in [5.74, 6) is -0.536. The molecule has 0 atom stereocenters. The number of anilines is 2. The molecule has 1 aliphatic heterocycles. The van der Waals surface area contributed by atoms with Gasteiger partial charge in [0.2, 0.25) is 15.9 Å². The monoisotopic (exact) mass is 458 g/mol. The van der Waals surface area contributed by atoms with Crippen molar-refractivity contribution in [1.82, 2.24) is 9.29 Å². The maximum absolute atomic E-state index is 12.7. The fraction of sp³-hybridized carbons (Fsp3) is 0.286. The number of benzene rings is 2. The van der Waals surface area contributed by atoms with Gasteiger partial charge in [0.15, 0.2) is 5.13 Å². The number of amides is 2. The number of aromatic nitrogens is 1. The Balaban J connectivity index is 1.48. The third-order valence-corrected chi connectivity index (χ3v) is 7.85. The van der Waals surface area contributed by atoms with Crippen LogP contribution in [-0.4, -0.2) is 42.6 Å². The van der Waals surface area contributed by atoms with Crippen LogP contribution < -0.4 is 10.6 Å². The van der Waals surface area contributed by atoms with Crippen LogP contribution in [0.5, 0.6) is 0 Å². The number of nitrogens with one attached hydrogen (secondary N) is 2. The van der Waals surface area contributed by atoms with E-state index in [2.05, 4.69) is 15.6 Å². The van der Waals surface area contributed by atoms with Crippen molar-refractivity contribution < 1.29 is 18.0 Å². The van der Waals surface area contributed by atoms with Crippen molar-refractivity contribution in [2.75, 3.05) is 23.7 Å². The average molecular weight is 459 g/mol. The molecule has 31 heavy (non-hydrogen) atoms. The van der Waals surface area contributed by atoms with Crippen LogP contribution in [-0.2, 0) is 14.8 Å². The maximum Gasteiger partial charge on any atom is 0.257 e. The SMILES string of the molecule is CC(=O)Nc1ccc2nc(NC(=O)c3ccc(S(=O)(=O)N4CCCCC4)cc3)sc2c1. The molecule has 1 fully saturated rings. The normalized spacial score (nSPS) is 15.0. The summed E-state index contributed by atoms with van der Waals surface area (Å²) in [6, 6.07) is 11.3. The summed E-state index contributed by atoms with van der Waals surface area (Å²) in [7, 11) is -3.53. The molecular weight excluding hydrogens is 436 g/mol. The Morgan fingerprint density at radius 1 is 1.00 bits per heavy atom. The van der Waals surface area contributed by atoms with Crippen LogP contribution in [0.3, 0.4) is 0 Å². The molecule has 162 valence electrons. The lowest BCUT2D eigenvalue weighted by Crippen LogP contribution is -2.35. The highest BCUT2D eigenvalue weighted by molar-refractivity contribution is 7.89. The van der Waals surface area contributed by atoms with Crippen LogP contribution in [0.1, 0.15) is 36.5 Å². The predicted octanol–water partition coefficient (Wildman–Crippen LogP) is 3.68. The van der Waals surface area contributed by atoms with E-state index >= 15 is 0 Å². The van der Waals surface area contributed by atoms with Gasteiger partial charge in [-0.05, 0) is 55.3 Å². The van der Waals surface area contributed by atoms with Crippen LogP contribution in [0.15, 0.2) is 47.4 Å². The zero-order valence-electron chi connectivity index (χ0n) is 16.9. The summed E-state index contributed by atoms with van der Waals surface area (Å²) in [6.07, 6.45) is 2.79. The average Bonchev–Trinajstić information content (AvgIpc) is 3.15. The molecule has 0 spiro atoms. The molecule has 2 aromatic carbocycles. The summed E-state index contributed by atoms with van der Waals surface area (Å²) in [6.45, 7) is 2.50. The Morgan fingerprint density at radius 2 is 1.71 bits per heavy atom. The van der Waals surface area contributed by atoms with E-state index in [1.807, 2.05) is 0 Å². The fourth-order valence-corrected chi connectivity index (χ4v) is 5.88. The van der Waals surface area contributed by atoms with Gasteiger partial charge in [0.1, 0.15) is 0 Å². The van der Waals surface area contributed by atoms with E-state index in [4.69, 9.17) is 0 Å². The molecule has 0 radical (unpaired) electrons. The van der Waals surface area contributed by atoms with Gasteiger partial charge in [-0.25, -0.2) is 13.4 Å². The lowest BCUT2D eigenvalue weighted by atomic mass is 10.2. The minimum Gasteiger partial charge on any atom is -0.326 e. The first-order valence-corrected chi connectivity index (χ1v) is 12.2. The second-order valence-electron chi connectivity index (χ2n) is 7.33. The smallest absolute Gasteiger partial charge is 0.257 e. The zero-order chi connectivity index (χ0) is 22.0.